The van der Waals surface area contributed by atoms with Crippen LogP contribution in [0.1, 0.15) is 11.1 Å². The molecule has 0 spiro atoms. The summed E-state index contributed by atoms with van der Waals surface area (Å²) in [5.74, 6) is 0. The number of isocyanates is 2. The van der Waals surface area contributed by atoms with Crippen molar-refractivity contribution >= 4 is 12.2 Å². The van der Waals surface area contributed by atoms with Gasteiger partial charge in [-0.15, -0.1) is 0 Å². The average Bonchev–Trinajstić information content (AvgIpc) is 2.13. The van der Waals surface area contributed by atoms with Gasteiger partial charge in [0, 0.05) is 0 Å². The standard InChI is InChI=1S/C8H10.2CNO/c1-7-5-3-4-6-8(7)2;2*2-1-3/h3-6H,1-2H3;;/q;2*-1. The van der Waals surface area contributed by atoms with E-state index in [2.05, 4.69) is 38.1 Å². The first-order valence-electron chi connectivity index (χ1n) is 3.68. The van der Waals surface area contributed by atoms with E-state index in [-0.39, 0.29) is 0 Å². The molecule has 0 fully saturated rings. The summed E-state index contributed by atoms with van der Waals surface area (Å²) in [5.41, 5.74) is 2.74. The van der Waals surface area contributed by atoms with Gasteiger partial charge in [0.25, 0.3) is 0 Å². The van der Waals surface area contributed by atoms with Gasteiger partial charge in [-0.3, -0.25) is 9.59 Å². The lowest BCUT2D eigenvalue weighted by molar-refractivity contribution is 0.568. The van der Waals surface area contributed by atoms with Crippen molar-refractivity contribution in [2.45, 2.75) is 13.8 Å². The molecule has 0 saturated heterocycles. The van der Waals surface area contributed by atoms with Gasteiger partial charge < -0.3 is 10.8 Å². The zero-order valence-electron chi connectivity index (χ0n) is 8.02. The summed E-state index contributed by atoms with van der Waals surface area (Å²) < 4.78 is 0. The third-order valence-electron chi connectivity index (χ3n) is 1.43. The lowest BCUT2D eigenvalue weighted by Crippen LogP contribution is -1.74. The van der Waals surface area contributed by atoms with Gasteiger partial charge in [0.2, 0.25) is 0 Å². The molecule has 0 N–H and O–H groups in total. The molecular weight excluding hydrogens is 180 g/mol. The van der Waals surface area contributed by atoms with Crippen molar-refractivity contribution in [2.24, 2.45) is 0 Å². The SMILES string of the molecule is Cc1ccccc1C.[N-]=C=O.[N-]=C=O. The van der Waals surface area contributed by atoms with Crippen LogP contribution in [0, 0.1) is 13.8 Å². The van der Waals surface area contributed by atoms with E-state index in [9.17, 15) is 0 Å². The van der Waals surface area contributed by atoms with Crippen LogP contribution in [0.25, 0.3) is 10.8 Å². The van der Waals surface area contributed by atoms with Crippen LogP contribution in [0.15, 0.2) is 24.3 Å². The van der Waals surface area contributed by atoms with Gasteiger partial charge in [-0.25, -0.2) is 0 Å². The molecule has 0 aliphatic heterocycles. The Labute approximate surface area is 82.6 Å². The molecule has 0 aliphatic rings. The molecule has 0 bridgehead atoms. The Balaban J connectivity index is 0. The van der Waals surface area contributed by atoms with Crippen LogP contribution in [0.4, 0.5) is 0 Å². The van der Waals surface area contributed by atoms with Gasteiger partial charge in [0.05, 0.1) is 0 Å². The van der Waals surface area contributed by atoms with Gasteiger partial charge in [-0.05, 0) is 37.1 Å². The lowest BCUT2D eigenvalue weighted by Gasteiger charge is -1.93. The second kappa shape index (κ2) is 11.0. The molecule has 1 rings (SSSR count). The molecule has 0 amide bonds. The van der Waals surface area contributed by atoms with Crippen molar-refractivity contribution in [3.05, 3.63) is 46.2 Å². The van der Waals surface area contributed by atoms with Crippen molar-refractivity contribution < 1.29 is 9.59 Å². The summed E-state index contributed by atoms with van der Waals surface area (Å²) in [7, 11) is 0. The Morgan fingerprint density at radius 1 is 0.929 bits per heavy atom. The van der Waals surface area contributed by atoms with Crippen molar-refractivity contribution in [3.63, 3.8) is 0 Å². The van der Waals surface area contributed by atoms with Gasteiger partial charge in [-0.1, -0.05) is 24.3 Å². The number of benzene rings is 1. The van der Waals surface area contributed by atoms with E-state index < -0.39 is 0 Å². The maximum Gasteiger partial charge on any atom is -0.0159 e. The monoisotopic (exact) mass is 190 g/mol. The second-order valence-electron chi connectivity index (χ2n) is 2.27. The van der Waals surface area contributed by atoms with Crippen molar-refractivity contribution in [3.8, 4) is 0 Å². The number of hydrogen-bond donors (Lipinski definition) is 0. The van der Waals surface area contributed by atoms with Gasteiger partial charge in [-0.2, -0.15) is 0 Å². The highest BCUT2D eigenvalue weighted by Crippen LogP contribution is 2.02. The van der Waals surface area contributed by atoms with Crippen molar-refractivity contribution in [1.82, 2.24) is 0 Å². The molecule has 1 aromatic carbocycles. The molecule has 1 aromatic rings. The van der Waals surface area contributed by atoms with Crippen LogP contribution in [0.5, 0.6) is 0 Å². The predicted octanol–water partition coefficient (Wildman–Crippen LogP) is 2.09. The number of nitrogens with zero attached hydrogens (tertiary/aromatic N) is 2. The fourth-order valence-corrected chi connectivity index (χ4v) is 0.663. The molecule has 4 heteroatoms. The molecule has 0 aromatic heterocycles. The minimum atomic E-state index is 0.500. The molecule has 14 heavy (non-hydrogen) atoms. The minimum Gasteiger partial charge on any atom is -0.724 e. The van der Waals surface area contributed by atoms with Gasteiger partial charge in [0.15, 0.2) is 0 Å². The second-order valence-corrected chi connectivity index (χ2v) is 2.27. The van der Waals surface area contributed by atoms with Crippen LogP contribution < -0.4 is 0 Å². The van der Waals surface area contributed by atoms with Crippen LogP contribution in [-0.4, -0.2) is 12.2 Å². The maximum absolute atomic E-state index is 8.24. The van der Waals surface area contributed by atoms with Crippen LogP contribution >= 0.6 is 0 Å². The Morgan fingerprint density at radius 2 is 1.14 bits per heavy atom. The lowest BCUT2D eigenvalue weighted by atomic mass is 10.1. The molecule has 4 nitrogen and oxygen atoms in total. The number of rotatable bonds is 0. The Hall–Kier alpha value is -2.02. The summed E-state index contributed by atoms with van der Waals surface area (Å²) in [4.78, 5) is 16.5. The van der Waals surface area contributed by atoms with E-state index in [1.54, 1.807) is 0 Å². The van der Waals surface area contributed by atoms with E-state index in [1.807, 2.05) is 0 Å². The molecule has 0 saturated carbocycles. The zero-order chi connectivity index (χ0) is 11.4. The summed E-state index contributed by atoms with van der Waals surface area (Å²) in [6, 6.07) is 8.36. The third-order valence-corrected chi connectivity index (χ3v) is 1.43. The topological polar surface area (TPSA) is 78.7 Å². The predicted molar refractivity (Wildman–Crippen MR) is 54.0 cm³/mol. The highest BCUT2D eigenvalue weighted by atomic mass is 16.1. The largest absolute Gasteiger partial charge is 0.724 e. The Morgan fingerprint density at radius 3 is 1.29 bits per heavy atom. The smallest absolute Gasteiger partial charge is 0.0159 e. The quantitative estimate of drug-likeness (QED) is 0.463. The summed E-state index contributed by atoms with van der Waals surface area (Å²) in [5, 5.41) is 13.5. The summed E-state index contributed by atoms with van der Waals surface area (Å²) in [6.07, 6.45) is 1.00. The van der Waals surface area contributed by atoms with E-state index in [4.69, 9.17) is 20.4 Å². The van der Waals surface area contributed by atoms with Crippen LogP contribution in [0.3, 0.4) is 0 Å². The minimum absolute atomic E-state index is 0.500. The van der Waals surface area contributed by atoms with E-state index >= 15 is 0 Å². The first kappa shape index (κ1) is 14.5. The van der Waals surface area contributed by atoms with Gasteiger partial charge in [0.1, 0.15) is 0 Å². The molecule has 0 aliphatic carbocycles. The Kier molecular flexibility index (Phi) is 11.4. The average molecular weight is 190 g/mol. The fraction of sp³-hybridized carbons (Fsp3) is 0.200. The third kappa shape index (κ3) is 9.98. The number of aryl methyl sites for hydroxylation is 2. The highest BCUT2D eigenvalue weighted by Gasteiger charge is 1.83. The highest BCUT2D eigenvalue weighted by molar-refractivity contribution is 5.37. The molecule has 0 unspecified atom stereocenters. The molecule has 0 heterocycles. The van der Waals surface area contributed by atoms with Crippen LogP contribution in [-0.2, 0) is 9.59 Å². The fourth-order valence-electron chi connectivity index (χ4n) is 0.663. The molecule has 74 valence electrons. The van der Waals surface area contributed by atoms with E-state index in [0.29, 0.717) is 12.2 Å². The number of carbonyl (C=O) groups excluding carboxylic acids is 2. The molecular formula is C10H10N2O2-2. The van der Waals surface area contributed by atoms with E-state index in [1.165, 1.54) is 11.1 Å². The zero-order valence-corrected chi connectivity index (χ0v) is 8.02. The van der Waals surface area contributed by atoms with E-state index in [0.717, 1.165) is 0 Å². The van der Waals surface area contributed by atoms with Gasteiger partial charge >= 0.3 is 0 Å². The normalized spacial score (nSPS) is 6.43. The van der Waals surface area contributed by atoms with Crippen molar-refractivity contribution in [2.75, 3.05) is 0 Å². The first-order chi connectivity index (χ1) is 6.63. The Bertz CT molecular complexity index is 290. The summed E-state index contributed by atoms with van der Waals surface area (Å²) in [6.45, 7) is 4.24. The van der Waals surface area contributed by atoms with Crippen LogP contribution in [0.2, 0.25) is 0 Å². The first-order valence-corrected chi connectivity index (χ1v) is 3.68. The summed E-state index contributed by atoms with van der Waals surface area (Å²) >= 11 is 0. The molecule has 0 atom stereocenters. The van der Waals surface area contributed by atoms with Crippen molar-refractivity contribution in [1.29, 1.82) is 0 Å². The number of hydrogen-bond acceptors (Lipinski definition) is 2. The molecule has 0 radical (unpaired) electrons. The maximum atomic E-state index is 8.24.